The molecule has 1 heterocycles. The lowest BCUT2D eigenvalue weighted by Gasteiger charge is -2.37. The smallest absolute Gasteiger partial charge is 0.255 e. The van der Waals surface area contributed by atoms with Crippen molar-refractivity contribution in [3.8, 4) is 5.75 Å². The van der Waals surface area contributed by atoms with Gasteiger partial charge in [0.05, 0.1) is 12.7 Å². The van der Waals surface area contributed by atoms with Crippen LogP contribution in [0.4, 0.5) is 20.2 Å². The molecule has 0 aliphatic carbocycles. The predicted molar refractivity (Wildman–Crippen MR) is 159 cm³/mol. The number of rotatable bonds is 8. The van der Waals surface area contributed by atoms with Crippen LogP contribution >= 0.6 is 0 Å². The summed E-state index contributed by atoms with van der Waals surface area (Å²) in [7, 11) is 1.57. The van der Waals surface area contributed by atoms with E-state index in [9.17, 15) is 23.2 Å². The molecule has 2 N–H and O–H groups in total. The van der Waals surface area contributed by atoms with Crippen LogP contribution in [0, 0.1) is 11.6 Å². The minimum absolute atomic E-state index is 0.0880. The van der Waals surface area contributed by atoms with Crippen LogP contribution in [-0.2, 0) is 6.54 Å². The molecule has 0 unspecified atom stereocenters. The summed E-state index contributed by atoms with van der Waals surface area (Å²) < 4.78 is 32.2. The number of hydrogen-bond donors (Lipinski definition) is 2. The van der Waals surface area contributed by atoms with Gasteiger partial charge in [-0.05, 0) is 78.4 Å². The monoisotopic (exact) mass is 584 g/mol. The first-order chi connectivity index (χ1) is 20.8. The zero-order valence-corrected chi connectivity index (χ0v) is 23.5. The number of nitrogens with zero attached hydrogens (tertiary/aromatic N) is 2. The summed E-state index contributed by atoms with van der Waals surface area (Å²) in [5.74, 6) is -1.23. The molecule has 1 aliphatic rings. The molecule has 5 rings (SSSR count). The first-order valence-electron chi connectivity index (χ1n) is 13.7. The average molecular weight is 585 g/mol. The first-order valence-corrected chi connectivity index (χ1v) is 13.7. The van der Waals surface area contributed by atoms with Gasteiger partial charge in [-0.25, -0.2) is 8.78 Å². The Hall–Kier alpha value is -5.25. The molecule has 1 aliphatic heterocycles. The fourth-order valence-electron chi connectivity index (χ4n) is 4.85. The maximum absolute atomic E-state index is 13.7. The van der Waals surface area contributed by atoms with Crippen molar-refractivity contribution in [2.45, 2.75) is 6.54 Å². The van der Waals surface area contributed by atoms with Crippen molar-refractivity contribution in [2.75, 3.05) is 43.5 Å². The highest BCUT2D eigenvalue weighted by Gasteiger charge is 2.25. The highest BCUT2D eigenvalue weighted by molar-refractivity contribution is 6.06. The van der Waals surface area contributed by atoms with Crippen LogP contribution in [0.2, 0.25) is 0 Å². The number of methoxy groups -OCH3 is 1. The van der Waals surface area contributed by atoms with Gasteiger partial charge >= 0.3 is 0 Å². The van der Waals surface area contributed by atoms with Gasteiger partial charge in [0.25, 0.3) is 17.7 Å². The Morgan fingerprint density at radius 1 is 0.767 bits per heavy atom. The third-order valence-electron chi connectivity index (χ3n) is 7.20. The summed E-state index contributed by atoms with van der Waals surface area (Å²) in [4.78, 5) is 43.1. The molecule has 10 heteroatoms. The number of carbonyl (C=O) groups is 3. The van der Waals surface area contributed by atoms with E-state index in [-0.39, 0.29) is 23.8 Å². The van der Waals surface area contributed by atoms with Gasteiger partial charge in [0.15, 0.2) is 0 Å². The van der Waals surface area contributed by atoms with Crippen molar-refractivity contribution < 1.29 is 27.9 Å². The molecular weight excluding hydrogens is 554 g/mol. The molecular formula is C33H30F2N4O4. The van der Waals surface area contributed by atoms with Crippen LogP contribution in [0.3, 0.4) is 0 Å². The number of carbonyl (C=O) groups excluding carboxylic acids is 3. The molecule has 220 valence electrons. The van der Waals surface area contributed by atoms with Crippen molar-refractivity contribution >= 4 is 29.1 Å². The Kier molecular flexibility index (Phi) is 8.95. The highest BCUT2D eigenvalue weighted by Crippen LogP contribution is 2.27. The number of halogens is 2. The van der Waals surface area contributed by atoms with Crippen molar-refractivity contribution in [3.05, 3.63) is 125 Å². The molecule has 0 aromatic heterocycles. The van der Waals surface area contributed by atoms with Crippen LogP contribution in [-0.4, -0.2) is 55.9 Å². The second-order valence-corrected chi connectivity index (χ2v) is 10.0. The summed E-state index contributed by atoms with van der Waals surface area (Å²) in [5, 5.41) is 5.60. The Morgan fingerprint density at radius 3 is 2.16 bits per heavy atom. The number of nitrogens with one attached hydrogen (secondary N) is 2. The molecule has 8 nitrogen and oxygen atoms in total. The Labute approximate surface area is 247 Å². The van der Waals surface area contributed by atoms with Crippen molar-refractivity contribution in [2.24, 2.45) is 0 Å². The summed E-state index contributed by atoms with van der Waals surface area (Å²) in [5.41, 5.74) is 2.74. The molecule has 0 radical (unpaired) electrons. The van der Waals surface area contributed by atoms with Crippen LogP contribution in [0.1, 0.15) is 36.6 Å². The zero-order valence-electron chi connectivity index (χ0n) is 23.5. The molecule has 0 saturated carbocycles. The third kappa shape index (κ3) is 7.16. The maximum atomic E-state index is 13.7. The highest BCUT2D eigenvalue weighted by atomic mass is 19.1. The second-order valence-electron chi connectivity index (χ2n) is 10.0. The molecule has 4 aromatic carbocycles. The lowest BCUT2D eigenvalue weighted by Crippen LogP contribution is -2.49. The van der Waals surface area contributed by atoms with Gasteiger partial charge in [0.2, 0.25) is 0 Å². The number of benzene rings is 4. The maximum Gasteiger partial charge on any atom is 0.255 e. The van der Waals surface area contributed by atoms with E-state index < -0.39 is 17.6 Å². The van der Waals surface area contributed by atoms with Gasteiger partial charge in [-0.2, -0.15) is 0 Å². The van der Waals surface area contributed by atoms with Gasteiger partial charge < -0.3 is 25.2 Å². The molecule has 43 heavy (non-hydrogen) atoms. The fourth-order valence-corrected chi connectivity index (χ4v) is 4.85. The number of ether oxygens (including phenoxy) is 1. The van der Waals surface area contributed by atoms with Gasteiger partial charge in [0.1, 0.15) is 17.4 Å². The van der Waals surface area contributed by atoms with Crippen LogP contribution in [0.25, 0.3) is 0 Å². The van der Waals surface area contributed by atoms with Crippen LogP contribution in [0.15, 0.2) is 91.0 Å². The number of hydrogen-bond acceptors (Lipinski definition) is 5. The first kappa shape index (κ1) is 29.2. The Bertz CT molecular complexity index is 1620. The molecule has 1 saturated heterocycles. The fraction of sp³-hybridized carbons (Fsp3) is 0.182. The lowest BCUT2D eigenvalue weighted by atomic mass is 10.1. The molecule has 0 bridgehead atoms. The molecule has 0 atom stereocenters. The van der Waals surface area contributed by atoms with E-state index in [1.807, 2.05) is 4.90 Å². The Balaban J connectivity index is 1.33. The number of piperazine rings is 1. The molecule has 3 amide bonds. The molecule has 4 aromatic rings. The van der Waals surface area contributed by atoms with E-state index in [1.54, 1.807) is 66.6 Å². The van der Waals surface area contributed by atoms with Gasteiger partial charge in [-0.15, -0.1) is 0 Å². The number of amides is 3. The average Bonchev–Trinajstić information content (AvgIpc) is 3.04. The van der Waals surface area contributed by atoms with Gasteiger partial charge in [-0.3, -0.25) is 14.4 Å². The molecule has 0 spiro atoms. The summed E-state index contributed by atoms with van der Waals surface area (Å²) in [6.45, 7) is 2.02. The third-order valence-corrected chi connectivity index (χ3v) is 7.20. The van der Waals surface area contributed by atoms with E-state index in [2.05, 4.69) is 10.6 Å². The summed E-state index contributed by atoms with van der Waals surface area (Å²) in [6, 6.07) is 23.1. The van der Waals surface area contributed by atoms with Crippen molar-refractivity contribution in [3.63, 3.8) is 0 Å². The minimum Gasteiger partial charge on any atom is -0.497 e. The largest absolute Gasteiger partial charge is 0.497 e. The van der Waals surface area contributed by atoms with E-state index in [0.717, 1.165) is 11.6 Å². The SMILES string of the molecule is COc1ccc(C(=O)N2CCN(c3ccc(NC(=O)c4cccc(F)c4)cc3C(=O)NCc3ccc(F)cc3)CC2)cc1. The van der Waals surface area contributed by atoms with Gasteiger partial charge in [0, 0.05) is 55.2 Å². The van der Waals surface area contributed by atoms with E-state index in [1.165, 1.54) is 30.3 Å². The standard InChI is InChI=1S/C33H30F2N4O4/c1-43-28-12-7-23(8-13-28)33(42)39-17-15-38(16-18-39)30-14-11-27(37-31(40)24-3-2-4-26(35)19-24)20-29(30)32(41)36-21-22-5-9-25(34)10-6-22/h2-14,19-20H,15-18,21H2,1H3,(H,36,41)(H,37,40). The topological polar surface area (TPSA) is 91.0 Å². The summed E-state index contributed by atoms with van der Waals surface area (Å²) >= 11 is 0. The Morgan fingerprint density at radius 2 is 1.49 bits per heavy atom. The van der Waals surface area contributed by atoms with Crippen molar-refractivity contribution in [1.82, 2.24) is 10.2 Å². The predicted octanol–water partition coefficient (Wildman–Crippen LogP) is 5.12. The lowest BCUT2D eigenvalue weighted by molar-refractivity contribution is 0.0745. The second kappa shape index (κ2) is 13.2. The normalized spacial score (nSPS) is 12.9. The van der Waals surface area contributed by atoms with Crippen molar-refractivity contribution in [1.29, 1.82) is 0 Å². The van der Waals surface area contributed by atoms with Crippen LogP contribution in [0.5, 0.6) is 5.75 Å². The quantitative estimate of drug-likeness (QED) is 0.300. The minimum atomic E-state index is -0.534. The van der Waals surface area contributed by atoms with E-state index in [0.29, 0.717) is 54.4 Å². The summed E-state index contributed by atoms with van der Waals surface area (Å²) in [6.07, 6.45) is 0. The van der Waals surface area contributed by atoms with E-state index in [4.69, 9.17) is 4.74 Å². The number of anilines is 2. The zero-order chi connectivity index (χ0) is 30.3. The molecule has 1 fully saturated rings. The van der Waals surface area contributed by atoms with Crippen LogP contribution < -0.4 is 20.3 Å². The van der Waals surface area contributed by atoms with Gasteiger partial charge in [-0.1, -0.05) is 18.2 Å². The van der Waals surface area contributed by atoms with E-state index >= 15 is 0 Å².